The highest BCUT2D eigenvalue weighted by Crippen LogP contribution is 2.08. The number of rotatable bonds is 3. The molecule has 0 amide bonds. The summed E-state index contributed by atoms with van der Waals surface area (Å²) in [6.07, 6.45) is 4.39. The predicted molar refractivity (Wildman–Crippen MR) is 42.8 cm³/mol. The van der Waals surface area contributed by atoms with E-state index in [4.69, 9.17) is 10.5 Å². The Labute approximate surface area is 66.2 Å². The van der Waals surface area contributed by atoms with E-state index in [1.54, 1.807) is 12.3 Å². The Kier molecular flexibility index (Phi) is 2.86. The summed E-state index contributed by atoms with van der Waals surface area (Å²) in [5, 5.41) is 0. The first-order chi connectivity index (χ1) is 5.34. The molecule has 1 heterocycles. The molecular weight excluding hydrogens is 140 g/mol. The molecule has 1 rings (SSSR count). The number of hydrogen-bond donors (Lipinski definition) is 1. The fourth-order valence-corrected chi connectivity index (χ4v) is 0.718. The van der Waals surface area contributed by atoms with Gasteiger partial charge in [-0.3, -0.25) is 4.98 Å². The first-order valence-corrected chi connectivity index (χ1v) is 3.53. The van der Waals surface area contributed by atoms with Crippen molar-refractivity contribution in [3.05, 3.63) is 24.0 Å². The second-order valence-electron chi connectivity index (χ2n) is 2.13. The van der Waals surface area contributed by atoms with Crippen LogP contribution in [-0.2, 0) is 11.3 Å². The lowest BCUT2D eigenvalue weighted by molar-refractivity contribution is 0.134. The molecule has 2 N–H and O–H groups in total. The van der Waals surface area contributed by atoms with E-state index in [-0.39, 0.29) is 0 Å². The third-order valence-electron chi connectivity index (χ3n) is 1.33. The van der Waals surface area contributed by atoms with Crippen molar-refractivity contribution in [3.63, 3.8) is 0 Å². The zero-order valence-corrected chi connectivity index (χ0v) is 6.50. The highest BCUT2D eigenvalue weighted by molar-refractivity contribution is 5.43. The van der Waals surface area contributed by atoms with Crippen LogP contribution in [0.5, 0.6) is 0 Å². The molecule has 11 heavy (non-hydrogen) atoms. The number of hydrogen-bond acceptors (Lipinski definition) is 3. The summed E-state index contributed by atoms with van der Waals surface area (Å²) in [4.78, 5) is 3.81. The van der Waals surface area contributed by atoms with Crippen molar-refractivity contribution >= 4 is 5.69 Å². The lowest BCUT2D eigenvalue weighted by atomic mass is 10.2. The van der Waals surface area contributed by atoms with Gasteiger partial charge in [-0.1, -0.05) is 0 Å². The number of nitrogens with zero attached hydrogens (tertiary/aromatic N) is 1. The molecular formula is C8H11N2O. The summed E-state index contributed by atoms with van der Waals surface area (Å²) in [5.41, 5.74) is 7.13. The van der Waals surface area contributed by atoms with Crippen molar-refractivity contribution in [2.45, 2.75) is 13.5 Å². The summed E-state index contributed by atoms with van der Waals surface area (Å²) in [6.45, 7) is 3.12. The normalized spacial score (nSPS) is 9.91. The molecule has 59 valence electrons. The van der Waals surface area contributed by atoms with E-state index in [2.05, 4.69) is 11.2 Å². The molecule has 0 atom stereocenters. The molecule has 0 bridgehead atoms. The topological polar surface area (TPSA) is 48.1 Å². The fraction of sp³-hybridized carbons (Fsp3) is 0.375. The van der Waals surface area contributed by atoms with E-state index in [1.165, 1.54) is 0 Å². The van der Waals surface area contributed by atoms with Crippen LogP contribution in [0, 0.1) is 6.20 Å². The van der Waals surface area contributed by atoms with Crippen LogP contribution in [0.4, 0.5) is 5.69 Å². The van der Waals surface area contributed by atoms with Gasteiger partial charge in [-0.25, -0.2) is 0 Å². The van der Waals surface area contributed by atoms with E-state index >= 15 is 0 Å². The van der Waals surface area contributed by atoms with E-state index in [1.807, 2.05) is 6.92 Å². The van der Waals surface area contributed by atoms with Crippen molar-refractivity contribution in [3.8, 4) is 0 Å². The number of nitrogens with two attached hydrogens (primary N) is 1. The van der Waals surface area contributed by atoms with Gasteiger partial charge in [0.1, 0.15) is 0 Å². The molecule has 0 spiro atoms. The SMILES string of the molecule is CCOCc1[c]nccc1N. The number of nitrogen functional groups attached to an aromatic ring is 1. The molecule has 0 fully saturated rings. The Morgan fingerprint density at radius 3 is 3.18 bits per heavy atom. The fourth-order valence-electron chi connectivity index (χ4n) is 0.718. The number of ether oxygens (including phenoxy) is 1. The minimum atomic E-state index is 0.496. The van der Waals surface area contributed by atoms with Gasteiger partial charge in [-0.05, 0) is 13.0 Å². The van der Waals surface area contributed by atoms with Crippen molar-refractivity contribution in [1.82, 2.24) is 4.98 Å². The molecule has 0 aliphatic carbocycles. The van der Waals surface area contributed by atoms with Gasteiger partial charge in [0, 0.05) is 24.1 Å². The maximum absolute atomic E-state index is 5.61. The van der Waals surface area contributed by atoms with Gasteiger partial charge in [0.15, 0.2) is 0 Å². The Bertz CT molecular complexity index is 225. The Balaban J connectivity index is 2.62. The molecule has 3 heteroatoms. The van der Waals surface area contributed by atoms with Crippen LogP contribution in [-0.4, -0.2) is 11.6 Å². The van der Waals surface area contributed by atoms with Crippen LogP contribution in [0.15, 0.2) is 12.3 Å². The number of pyridine rings is 1. The van der Waals surface area contributed by atoms with E-state index < -0.39 is 0 Å². The summed E-state index contributed by atoms with van der Waals surface area (Å²) in [6, 6.07) is 1.74. The monoisotopic (exact) mass is 151 g/mol. The molecule has 0 saturated carbocycles. The standard InChI is InChI=1S/C8H11N2O/c1-2-11-6-7-5-10-4-3-8(7)9/h3-4H,2,6H2,1H3,(H2,9,10). The lowest BCUT2D eigenvalue weighted by Crippen LogP contribution is -1.98. The molecule has 0 aliphatic rings. The largest absolute Gasteiger partial charge is 0.398 e. The van der Waals surface area contributed by atoms with Crippen molar-refractivity contribution in [2.75, 3.05) is 12.3 Å². The summed E-state index contributed by atoms with van der Waals surface area (Å²) in [5.74, 6) is 0. The molecule has 0 saturated heterocycles. The van der Waals surface area contributed by atoms with Crippen molar-refractivity contribution in [2.24, 2.45) is 0 Å². The first-order valence-electron chi connectivity index (χ1n) is 3.53. The Hall–Kier alpha value is -1.09. The maximum atomic E-state index is 5.61. The quantitative estimate of drug-likeness (QED) is 0.701. The zero-order valence-electron chi connectivity index (χ0n) is 6.50. The van der Waals surface area contributed by atoms with Crippen LogP contribution in [0.25, 0.3) is 0 Å². The minimum absolute atomic E-state index is 0.496. The van der Waals surface area contributed by atoms with E-state index in [0.29, 0.717) is 18.9 Å². The average molecular weight is 151 g/mol. The summed E-state index contributed by atoms with van der Waals surface area (Å²) < 4.78 is 5.15. The smallest absolute Gasteiger partial charge is 0.0966 e. The van der Waals surface area contributed by atoms with Gasteiger partial charge in [-0.2, -0.15) is 0 Å². The van der Waals surface area contributed by atoms with Gasteiger partial charge in [0.25, 0.3) is 0 Å². The minimum Gasteiger partial charge on any atom is -0.398 e. The van der Waals surface area contributed by atoms with Gasteiger partial charge in [0.05, 0.1) is 12.8 Å². The first kappa shape index (κ1) is 8.01. The molecule has 0 aromatic carbocycles. The average Bonchev–Trinajstić information content (AvgIpc) is 2.03. The molecule has 1 radical (unpaired) electrons. The molecule has 3 nitrogen and oxygen atoms in total. The highest BCUT2D eigenvalue weighted by Gasteiger charge is 1.96. The van der Waals surface area contributed by atoms with Crippen molar-refractivity contribution in [1.29, 1.82) is 0 Å². The maximum Gasteiger partial charge on any atom is 0.0966 e. The molecule has 1 aromatic heterocycles. The van der Waals surface area contributed by atoms with Crippen LogP contribution in [0.3, 0.4) is 0 Å². The van der Waals surface area contributed by atoms with Gasteiger partial charge >= 0.3 is 0 Å². The van der Waals surface area contributed by atoms with Crippen molar-refractivity contribution < 1.29 is 4.74 Å². The van der Waals surface area contributed by atoms with Crippen LogP contribution in [0.2, 0.25) is 0 Å². The van der Waals surface area contributed by atoms with E-state index in [0.717, 1.165) is 5.56 Å². The Morgan fingerprint density at radius 2 is 2.55 bits per heavy atom. The third-order valence-corrected chi connectivity index (χ3v) is 1.33. The number of anilines is 1. The Morgan fingerprint density at radius 1 is 1.73 bits per heavy atom. The zero-order chi connectivity index (χ0) is 8.10. The molecule has 0 aliphatic heterocycles. The summed E-state index contributed by atoms with van der Waals surface area (Å²) in [7, 11) is 0. The van der Waals surface area contributed by atoms with Gasteiger partial charge < -0.3 is 10.5 Å². The number of aromatic nitrogens is 1. The van der Waals surface area contributed by atoms with E-state index in [9.17, 15) is 0 Å². The van der Waals surface area contributed by atoms with Crippen LogP contribution in [0.1, 0.15) is 12.5 Å². The molecule has 1 aromatic rings. The third kappa shape index (κ3) is 2.20. The highest BCUT2D eigenvalue weighted by atomic mass is 16.5. The molecule has 0 unspecified atom stereocenters. The van der Waals surface area contributed by atoms with Gasteiger partial charge in [0.2, 0.25) is 0 Å². The lowest BCUT2D eigenvalue weighted by Gasteiger charge is -2.02. The predicted octanol–water partition coefficient (Wildman–Crippen LogP) is 1.00. The second kappa shape index (κ2) is 3.93. The van der Waals surface area contributed by atoms with Crippen LogP contribution >= 0.6 is 0 Å². The van der Waals surface area contributed by atoms with Crippen LogP contribution < -0.4 is 5.73 Å². The van der Waals surface area contributed by atoms with Gasteiger partial charge in [-0.15, -0.1) is 0 Å². The summed E-state index contributed by atoms with van der Waals surface area (Å²) >= 11 is 0. The second-order valence-corrected chi connectivity index (χ2v) is 2.13.